The van der Waals surface area contributed by atoms with Gasteiger partial charge in [-0.05, 0) is 89.9 Å². The fraction of sp³-hybridized carbons (Fsp3) is 0.732. The first-order chi connectivity index (χ1) is 30.5. The summed E-state index contributed by atoms with van der Waals surface area (Å²) in [6.45, 7) is 6.44. The number of esters is 3. The van der Waals surface area contributed by atoms with E-state index in [9.17, 15) is 14.4 Å². The highest BCUT2D eigenvalue weighted by molar-refractivity contribution is 5.71. The number of allylic oxidation sites excluding steroid dienone is 12. The van der Waals surface area contributed by atoms with Gasteiger partial charge in [0.05, 0.1) is 0 Å². The van der Waals surface area contributed by atoms with Crippen LogP contribution in [-0.4, -0.2) is 37.2 Å². The number of hydrogen-bond acceptors (Lipinski definition) is 6. The molecule has 0 radical (unpaired) electrons. The minimum atomic E-state index is -0.792. The molecule has 0 aliphatic carbocycles. The lowest BCUT2D eigenvalue weighted by Gasteiger charge is -2.18. The zero-order valence-corrected chi connectivity index (χ0v) is 40.6. The Labute approximate surface area is 382 Å². The molecular formula is C56H96O6. The third kappa shape index (κ3) is 47.9. The Kier molecular flexibility index (Phi) is 47.9. The Balaban J connectivity index is 4.42. The summed E-state index contributed by atoms with van der Waals surface area (Å²) in [5, 5.41) is 0. The SMILES string of the molecule is CC\C=C/C=C\C=C/C=C\CCCCCCCC(=O)OC(COC(=O)CCCCCCC/C=C\CCCCC)COC(=O)CCCCCCCCC/C=C\CCCCCCCC. The van der Waals surface area contributed by atoms with Gasteiger partial charge in [-0.1, -0.05) is 209 Å². The van der Waals surface area contributed by atoms with Crippen molar-refractivity contribution in [3.05, 3.63) is 72.9 Å². The van der Waals surface area contributed by atoms with Gasteiger partial charge in [0.1, 0.15) is 13.2 Å². The second kappa shape index (κ2) is 50.5. The summed E-state index contributed by atoms with van der Waals surface area (Å²) in [6, 6.07) is 0. The van der Waals surface area contributed by atoms with Crippen LogP contribution in [0.5, 0.6) is 0 Å². The van der Waals surface area contributed by atoms with Crippen LogP contribution in [0.4, 0.5) is 0 Å². The summed E-state index contributed by atoms with van der Waals surface area (Å²) >= 11 is 0. The van der Waals surface area contributed by atoms with Crippen LogP contribution in [0.15, 0.2) is 72.9 Å². The lowest BCUT2D eigenvalue weighted by Crippen LogP contribution is -2.30. The van der Waals surface area contributed by atoms with E-state index in [0.717, 1.165) is 89.9 Å². The van der Waals surface area contributed by atoms with Crippen molar-refractivity contribution in [2.45, 2.75) is 252 Å². The third-order valence-electron chi connectivity index (χ3n) is 11.0. The van der Waals surface area contributed by atoms with Gasteiger partial charge in [0.15, 0.2) is 6.10 Å². The lowest BCUT2D eigenvalue weighted by molar-refractivity contribution is -0.167. The van der Waals surface area contributed by atoms with E-state index in [1.165, 1.54) is 116 Å². The average Bonchev–Trinajstić information content (AvgIpc) is 3.27. The molecule has 62 heavy (non-hydrogen) atoms. The first-order valence-electron chi connectivity index (χ1n) is 26.0. The molecule has 1 unspecified atom stereocenters. The van der Waals surface area contributed by atoms with Gasteiger partial charge in [-0.2, -0.15) is 0 Å². The molecule has 6 nitrogen and oxygen atoms in total. The molecule has 1 atom stereocenters. The van der Waals surface area contributed by atoms with E-state index < -0.39 is 6.10 Å². The minimum Gasteiger partial charge on any atom is -0.462 e. The highest BCUT2D eigenvalue weighted by Crippen LogP contribution is 2.14. The Bertz CT molecular complexity index is 1180. The molecule has 0 aromatic heterocycles. The number of carbonyl (C=O) groups excluding carboxylic acids is 3. The summed E-state index contributed by atoms with van der Waals surface area (Å²) in [5.41, 5.74) is 0. The molecule has 0 aliphatic heterocycles. The third-order valence-corrected chi connectivity index (χ3v) is 11.0. The Morgan fingerprint density at radius 1 is 0.339 bits per heavy atom. The molecular weight excluding hydrogens is 769 g/mol. The summed E-state index contributed by atoms with van der Waals surface area (Å²) in [4.78, 5) is 38.0. The maximum absolute atomic E-state index is 12.8. The van der Waals surface area contributed by atoms with Gasteiger partial charge in [0.25, 0.3) is 0 Å². The fourth-order valence-corrected chi connectivity index (χ4v) is 7.09. The molecule has 0 fully saturated rings. The van der Waals surface area contributed by atoms with Crippen LogP contribution in [0.1, 0.15) is 245 Å². The van der Waals surface area contributed by atoms with Crippen molar-refractivity contribution in [1.29, 1.82) is 0 Å². The van der Waals surface area contributed by atoms with Gasteiger partial charge in [-0.3, -0.25) is 14.4 Å². The first-order valence-corrected chi connectivity index (χ1v) is 26.0. The monoisotopic (exact) mass is 865 g/mol. The number of carbonyl (C=O) groups is 3. The van der Waals surface area contributed by atoms with Crippen LogP contribution in [0.25, 0.3) is 0 Å². The zero-order valence-electron chi connectivity index (χ0n) is 40.6. The number of unbranched alkanes of at least 4 members (excludes halogenated alkanes) is 26. The van der Waals surface area contributed by atoms with Crippen LogP contribution in [0, 0.1) is 0 Å². The molecule has 0 aliphatic rings. The van der Waals surface area contributed by atoms with Crippen LogP contribution in [0.3, 0.4) is 0 Å². The van der Waals surface area contributed by atoms with Crippen molar-refractivity contribution >= 4 is 17.9 Å². The maximum Gasteiger partial charge on any atom is 0.306 e. The lowest BCUT2D eigenvalue weighted by atomic mass is 10.1. The summed E-state index contributed by atoms with van der Waals surface area (Å²) in [6.07, 6.45) is 63.1. The second-order valence-corrected chi connectivity index (χ2v) is 17.1. The molecule has 0 aromatic rings. The van der Waals surface area contributed by atoms with Crippen molar-refractivity contribution in [3.63, 3.8) is 0 Å². The van der Waals surface area contributed by atoms with E-state index >= 15 is 0 Å². The first kappa shape index (κ1) is 58.9. The zero-order chi connectivity index (χ0) is 45.1. The molecule has 0 rings (SSSR count). The van der Waals surface area contributed by atoms with Crippen molar-refractivity contribution in [1.82, 2.24) is 0 Å². The molecule has 0 aromatic carbocycles. The smallest absolute Gasteiger partial charge is 0.306 e. The Morgan fingerprint density at radius 3 is 1.06 bits per heavy atom. The van der Waals surface area contributed by atoms with Crippen LogP contribution >= 0.6 is 0 Å². The van der Waals surface area contributed by atoms with Crippen molar-refractivity contribution in [2.75, 3.05) is 13.2 Å². The number of ether oxygens (including phenoxy) is 3. The quantitative estimate of drug-likeness (QED) is 0.0199. The Hall–Kier alpha value is -3.15. The van der Waals surface area contributed by atoms with Gasteiger partial charge in [0, 0.05) is 19.3 Å². The van der Waals surface area contributed by atoms with Crippen molar-refractivity contribution < 1.29 is 28.6 Å². The van der Waals surface area contributed by atoms with Crippen molar-refractivity contribution in [2.24, 2.45) is 0 Å². The van der Waals surface area contributed by atoms with Gasteiger partial charge in [-0.15, -0.1) is 0 Å². The van der Waals surface area contributed by atoms with Crippen molar-refractivity contribution in [3.8, 4) is 0 Å². The van der Waals surface area contributed by atoms with Gasteiger partial charge in [-0.25, -0.2) is 0 Å². The molecule has 0 amide bonds. The molecule has 356 valence electrons. The molecule has 0 heterocycles. The van der Waals surface area contributed by atoms with E-state index in [1.54, 1.807) is 0 Å². The molecule has 0 bridgehead atoms. The standard InChI is InChI=1S/C56H96O6/c1-4-7-10-13-16-19-22-25-27-28-30-31-34-37-40-43-46-49-55(58)61-52-53(51-60-54(57)48-45-42-39-36-33-24-21-18-15-12-9-6-3)62-56(59)50-47-44-41-38-35-32-29-26-23-20-17-14-11-8-5-2/h8,11,14,17-18,20-21,23,25-27,29,53H,4-7,9-10,12-13,15-16,19,22,24,28,30-52H2,1-3H3/b11-8-,17-14-,21-18-,23-20-,27-25-,29-26-. The van der Waals surface area contributed by atoms with Gasteiger partial charge < -0.3 is 14.2 Å². The fourth-order valence-electron chi connectivity index (χ4n) is 7.09. The summed E-state index contributed by atoms with van der Waals surface area (Å²) in [7, 11) is 0. The summed E-state index contributed by atoms with van der Waals surface area (Å²) < 4.78 is 16.8. The van der Waals surface area contributed by atoms with E-state index in [0.29, 0.717) is 19.3 Å². The van der Waals surface area contributed by atoms with E-state index in [2.05, 4.69) is 75.5 Å². The van der Waals surface area contributed by atoms with Crippen LogP contribution in [0.2, 0.25) is 0 Å². The number of rotatable bonds is 46. The predicted octanol–water partition coefficient (Wildman–Crippen LogP) is 17.0. The van der Waals surface area contributed by atoms with Gasteiger partial charge >= 0.3 is 17.9 Å². The highest BCUT2D eigenvalue weighted by Gasteiger charge is 2.19. The van der Waals surface area contributed by atoms with E-state index in [4.69, 9.17) is 14.2 Å². The average molecular weight is 865 g/mol. The minimum absolute atomic E-state index is 0.0901. The highest BCUT2D eigenvalue weighted by atomic mass is 16.6. The molecule has 0 saturated heterocycles. The number of hydrogen-bond donors (Lipinski definition) is 0. The molecule has 6 heteroatoms. The molecule has 0 N–H and O–H groups in total. The normalized spacial score (nSPS) is 12.6. The van der Waals surface area contributed by atoms with Crippen LogP contribution in [-0.2, 0) is 28.6 Å². The topological polar surface area (TPSA) is 78.9 Å². The predicted molar refractivity (Wildman–Crippen MR) is 265 cm³/mol. The molecule has 0 spiro atoms. The second-order valence-electron chi connectivity index (χ2n) is 17.1. The van der Waals surface area contributed by atoms with Gasteiger partial charge in [0.2, 0.25) is 0 Å². The van der Waals surface area contributed by atoms with E-state index in [-0.39, 0.29) is 31.1 Å². The summed E-state index contributed by atoms with van der Waals surface area (Å²) in [5.74, 6) is -0.925. The Morgan fingerprint density at radius 2 is 0.645 bits per heavy atom. The van der Waals surface area contributed by atoms with E-state index in [1.807, 2.05) is 18.2 Å². The molecule has 0 saturated carbocycles. The largest absolute Gasteiger partial charge is 0.462 e. The van der Waals surface area contributed by atoms with Crippen LogP contribution < -0.4 is 0 Å². The maximum atomic E-state index is 12.8.